The van der Waals surface area contributed by atoms with Crippen LogP contribution in [0.15, 0.2) is 53.5 Å². The molecule has 4 aromatic rings. The van der Waals surface area contributed by atoms with Crippen LogP contribution >= 0.6 is 0 Å². The van der Waals surface area contributed by atoms with Crippen molar-refractivity contribution in [1.82, 2.24) is 19.9 Å². The zero-order chi connectivity index (χ0) is 23.9. The average molecular weight is 450 g/mol. The Hall–Kier alpha value is -3.81. The lowest BCUT2D eigenvalue weighted by Crippen LogP contribution is -2.27. The van der Waals surface area contributed by atoms with Crippen LogP contribution in [0.3, 0.4) is 0 Å². The number of nitrogens with zero attached hydrogens (tertiary/aromatic N) is 2. The summed E-state index contributed by atoms with van der Waals surface area (Å²) in [5.74, 6) is -1.07. The highest BCUT2D eigenvalue weighted by atomic mass is 19.1. The van der Waals surface area contributed by atoms with E-state index in [9.17, 15) is 18.4 Å². The SMILES string of the molecule is Cc1ccc(-c2nn3cc(C(=O)N[C@H](C)c4ccc(F)cc4)c(C(C)C)c3c(=O)[nH]2)cc1F. The Kier molecular flexibility index (Phi) is 5.84. The van der Waals surface area contributed by atoms with Crippen LogP contribution in [0.4, 0.5) is 8.78 Å². The highest BCUT2D eigenvalue weighted by molar-refractivity contribution is 5.98. The van der Waals surface area contributed by atoms with Gasteiger partial charge >= 0.3 is 0 Å². The molecule has 0 spiro atoms. The highest BCUT2D eigenvalue weighted by Gasteiger charge is 2.24. The van der Waals surface area contributed by atoms with E-state index >= 15 is 0 Å². The minimum Gasteiger partial charge on any atom is -0.345 e. The Morgan fingerprint density at radius 2 is 1.79 bits per heavy atom. The first-order chi connectivity index (χ1) is 15.7. The number of halogens is 2. The van der Waals surface area contributed by atoms with Gasteiger partial charge in [0, 0.05) is 17.3 Å². The molecule has 1 amide bonds. The van der Waals surface area contributed by atoms with Crippen molar-refractivity contribution >= 4 is 11.4 Å². The molecule has 8 heteroatoms. The molecule has 0 bridgehead atoms. The van der Waals surface area contributed by atoms with E-state index in [-0.39, 0.29) is 35.0 Å². The van der Waals surface area contributed by atoms with Crippen molar-refractivity contribution in [2.75, 3.05) is 0 Å². The van der Waals surface area contributed by atoms with Gasteiger partial charge in [-0.05, 0) is 49.1 Å². The van der Waals surface area contributed by atoms with Crippen LogP contribution < -0.4 is 10.9 Å². The smallest absolute Gasteiger partial charge is 0.275 e. The fourth-order valence-electron chi connectivity index (χ4n) is 3.86. The molecule has 4 rings (SSSR count). The fraction of sp³-hybridized carbons (Fsp3) is 0.240. The maximum atomic E-state index is 14.0. The summed E-state index contributed by atoms with van der Waals surface area (Å²) >= 11 is 0. The second-order valence-electron chi connectivity index (χ2n) is 8.42. The molecule has 0 aliphatic carbocycles. The largest absolute Gasteiger partial charge is 0.345 e. The van der Waals surface area contributed by atoms with E-state index < -0.39 is 11.4 Å². The number of aromatic nitrogens is 3. The molecule has 2 N–H and O–H groups in total. The summed E-state index contributed by atoms with van der Waals surface area (Å²) < 4.78 is 28.6. The first-order valence-electron chi connectivity index (χ1n) is 10.6. The summed E-state index contributed by atoms with van der Waals surface area (Å²) in [5, 5.41) is 7.35. The van der Waals surface area contributed by atoms with Crippen molar-refractivity contribution in [2.24, 2.45) is 0 Å². The third kappa shape index (κ3) is 4.28. The summed E-state index contributed by atoms with van der Waals surface area (Å²) in [7, 11) is 0. The lowest BCUT2D eigenvalue weighted by molar-refractivity contribution is 0.0938. The molecule has 0 saturated heterocycles. The molecular formula is C25H24F2N4O2. The van der Waals surface area contributed by atoms with Gasteiger partial charge in [-0.25, -0.2) is 13.3 Å². The van der Waals surface area contributed by atoms with Gasteiger partial charge in [0.05, 0.1) is 11.6 Å². The number of benzene rings is 2. The third-order valence-corrected chi connectivity index (χ3v) is 5.67. The van der Waals surface area contributed by atoms with Gasteiger partial charge in [0.25, 0.3) is 11.5 Å². The monoisotopic (exact) mass is 450 g/mol. The number of hydrogen-bond donors (Lipinski definition) is 2. The van der Waals surface area contributed by atoms with Gasteiger partial charge in [0.15, 0.2) is 5.82 Å². The van der Waals surface area contributed by atoms with Crippen LogP contribution in [0.1, 0.15) is 59.8 Å². The Labute approximate surface area is 189 Å². The molecule has 2 aromatic carbocycles. The molecule has 33 heavy (non-hydrogen) atoms. The molecule has 0 radical (unpaired) electrons. The third-order valence-electron chi connectivity index (χ3n) is 5.67. The normalized spacial score (nSPS) is 12.3. The van der Waals surface area contributed by atoms with Crippen molar-refractivity contribution in [3.8, 4) is 11.4 Å². The lowest BCUT2D eigenvalue weighted by Gasteiger charge is -2.15. The van der Waals surface area contributed by atoms with Crippen molar-refractivity contribution in [3.63, 3.8) is 0 Å². The van der Waals surface area contributed by atoms with Crippen LogP contribution in [-0.4, -0.2) is 20.5 Å². The first-order valence-corrected chi connectivity index (χ1v) is 10.6. The molecule has 0 saturated carbocycles. The molecule has 0 unspecified atom stereocenters. The second kappa shape index (κ2) is 8.61. The standard InChI is InChI=1S/C25H24F2N4O2/c1-13(2)21-19(24(32)28-15(4)16-7-9-18(26)10-8-16)12-31-22(21)25(33)29-23(30-31)17-6-5-14(3)20(27)11-17/h5-13,15H,1-4H3,(H,28,32)(H,29,30,33)/t15-/m1/s1. The molecule has 1 atom stereocenters. The van der Waals surface area contributed by atoms with Gasteiger partial charge < -0.3 is 10.3 Å². The summed E-state index contributed by atoms with van der Waals surface area (Å²) in [6, 6.07) is 10.1. The van der Waals surface area contributed by atoms with Crippen LogP contribution in [0.2, 0.25) is 0 Å². The van der Waals surface area contributed by atoms with Crippen molar-refractivity contribution < 1.29 is 13.6 Å². The molecule has 0 fully saturated rings. The number of amides is 1. The van der Waals surface area contributed by atoms with Crippen molar-refractivity contribution in [3.05, 3.63) is 92.9 Å². The summed E-state index contributed by atoms with van der Waals surface area (Å²) in [6.07, 6.45) is 1.51. The zero-order valence-corrected chi connectivity index (χ0v) is 18.7. The van der Waals surface area contributed by atoms with E-state index in [4.69, 9.17) is 0 Å². The van der Waals surface area contributed by atoms with E-state index in [1.807, 2.05) is 13.8 Å². The predicted molar refractivity (Wildman–Crippen MR) is 122 cm³/mol. The van der Waals surface area contributed by atoms with Crippen molar-refractivity contribution in [1.29, 1.82) is 0 Å². The van der Waals surface area contributed by atoms with E-state index in [1.54, 1.807) is 38.1 Å². The number of H-pyrrole nitrogens is 1. The zero-order valence-electron chi connectivity index (χ0n) is 18.7. The van der Waals surface area contributed by atoms with Gasteiger partial charge in [-0.2, -0.15) is 0 Å². The van der Waals surface area contributed by atoms with Gasteiger partial charge in [0.2, 0.25) is 0 Å². The number of fused-ring (bicyclic) bond motifs is 1. The molecule has 6 nitrogen and oxygen atoms in total. The number of hydrogen-bond acceptors (Lipinski definition) is 3. The maximum Gasteiger partial charge on any atom is 0.275 e. The van der Waals surface area contributed by atoms with Gasteiger partial charge in [-0.3, -0.25) is 9.59 Å². The van der Waals surface area contributed by atoms with Gasteiger partial charge in [-0.15, -0.1) is 5.10 Å². The second-order valence-corrected chi connectivity index (χ2v) is 8.42. The van der Waals surface area contributed by atoms with Crippen LogP contribution in [0, 0.1) is 18.6 Å². The quantitative estimate of drug-likeness (QED) is 0.454. The fourth-order valence-corrected chi connectivity index (χ4v) is 3.86. The van der Waals surface area contributed by atoms with Crippen LogP contribution in [-0.2, 0) is 0 Å². The number of rotatable bonds is 5. The minimum absolute atomic E-state index is 0.137. The molecule has 2 heterocycles. The van der Waals surface area contributed by atoms with E-state index in [2.05, 4.69) is 15.4 Å². The summed E-state index contributed by atoms with van der Waals surface area (Å²) in [4.78, 5) is 28.8. The average Bonchev–Trinajstić information content (AvgIpc) is 3.17. The maximum absolute atomic E-state index is 14.0. The molecule has 170 valence electrons. The topological polar surface area (TPSA) is 79.3 Å². The van der Waals surface area contributed by atoms with E-state index in [0.717, 1.165) is 5.56 Å². The number of nitrogens with one attached hydrogen (secondary N) is 2. The first kappa shape index (κ1) is 22.4. The van der Waals surface area contributed by atoms with Gasteiger partial charge in [0.1, 0.15) is 17.2 Å². The van der Waals surface area contributed by atoms with Gasteiger partial charge in [-0.1, -0.05) is 38.1 Å². The lowest BCUT2D eigenvalue weighted by atomic mass is 9.99. The molecular weight excluding hydrogens is 426 g/mol. The molecule has 0 aliphatic rings. The Bertz CT molecular complexity index is 1400. The Morgan fingerprint density at radius 1 is 1.09 bits per heavy atom. The molecule has 0 aliphatic heterocycles. The molecule has 2 aromatic heterocycles. The number of carbonyl (C=O) groups is 1. The van der Waals surface area contributed by atoms with Crippen LogP contribution in [0.25, 0.3) is 16.9 Å². The predicted octanol–water partition coefficient (Wildman–Crippen LogP) is 4.89. The van der Waals surface area contributed by atoms with E-state index in [0.29, 0.717) is 22.3 Å². The highest BCUT2D eigenvalue weighted by Crippen LogP contribution is 2.26. The number of carbonyl (C=O) groups excluding carboxylic acids is 1. The Morgan fingerprint density at radius 3 is 2.42 bits per heavy atom. The summed E-state index contributed by atoms with van der Waals surface area (Å²) in [6.45, 7) is 7.22. The van der Waals surface area contributed by atoms with Crippen LogP contribution in [0.5, 0.6) is 0 Å². The number of aryl methyl sites for hydroxylation is 1. The Balaban J connectivity index is 1.76. The minimum atomic E-state index is -0.421. The number of aromatic amines is 1. The van der Waals surface area contributed by atoms with E-state index in [1.165, 1.54) is 28.9 Å². The summed E-state index contributed by atoms with van der Waals surface area (Å²) in [5.41, 5.74) is 2.39. The van der Waals surface area contributed by atoms with Crippen molar-refractivity contribution in [2.45, 2.75) is 39.7 Å².